The average Bonchev–Trinajstić information content (AvgIpc) is 3.23. The van der Waals surface area contributed by atoms with Crippen LogP contribution in [-0.2, 0) is 11.3 Å². The lowest BCUT2D eigenvalue weighted by atomic mass is 10.0. The minimum atomic E-state index is -0.382. The van der Waals surface area contributed by atoms with E-state index in [4.69, 9.17) is 4.74 Å². The highest BCUT2D eigenvalue weighted by Gasteiger charge is 2.26. The summed E-state index contributed by atoms with van der Waals surface area (Å²) in [6.45, 7) is 10.3. The Hall–Kier alpha value is -3.59. The highest BCUT2D eigenvalue weighted by atomic mass is 32.2. The van der Waals surface area contributed by atoms with E-state index < -0.39 is 0 Å². The number of aromatic nitrogens is 3. The molecule has 0 radical (unpaired) electrons. The number of carbonyl (C=O) groups is 2. The molecule has 1 unspecified atom stereocenters. The molecular weight excluding hydrogens is 462 g/mol. The number of methoxy groups -OCH3 is 1. The summed E-state index contributed by atoms with van der Waals surface area (Å²) in [5, 5.41) is 15.3. The number of nitrogens with zero attached hydrogens (tertiary/aromatic N) is 3. The van der Waals surface area contributed by atoms with Crippen LogP contribution in [0, 0.1) is 12.8 Å². The smallest absolute Gasteiger partial charge is 0.251 e. The van der Waals surface area contributed by atoms with Crippen molar-refractivity contribution in [1.82, 2.24) is 20.1 Å². The zero-order valence-electron chi connectivity index (χ0n) is 20.4. The molecule has 1 aromatic heterocycles. The summed E-state index contributed by atoms with van der Waals surface area (Å²) >= 11 is 1.29. The molecule has 8 nitrogen and oxygen atoms in total. The molecule has 2 N–H and O–H groups in total. The molecule has 1 heterocycles. The van der Waals surface area contributed by atoms with Gasteiger partial charge in [-0.1, -0.05) is 43.8 Å². The van der Waals surface area contributed by atoms with E-state index in [1.54, 1.807) is 37.5 Å². The quantitative estimate of drug-likeness (QED) is 0.298. The molecule has 0 bridgehead atoms. The fourth-order valence-corrected chi connectivity index (χ4v) is 4.24. The van der Waals surface area contributed by atoms with E-state index >= 15 is 0 Å². The number of benzene rings is 2. The average molecular weight is 494 g/mol. The predicted octanol–water partition coefficient (Wildman–Crippen LogP) is 4.64. The van der Waals surface area contributed by atoms with E-state index in [9.17, 15) is 9.59 Å². The maximum atomic E-state index is 12.9. The van der Waals surface area contributed by atoms with Crippen LogP contribution in [0.3, 0.4) is 0 Å². The van der Waals surface area contributed by atoms with Gasteiger partial charge in [0.25, 0.3) is 5.91 Å². The minimum absolute atomic E-state index is 0.0485. The Morgan fingerprint density at radius 2 is 1.91 bits per heavy atom. The number of hydrogen-bond donors (Lipinski definition) is 2. The lowest BCUT2D eigenvalue weighted by molar-refractivity contribution is -0.113. The van der Waals surface area contributed by atoms with Crippen molar-refractivity contribution >= 4 is 29.3 Å². The highest BCUT2D eigenvalue weighted by Crippen LogP contribution is 2.26. The zero-order chi connectivity index (χ0) is 25.4. The topological polar surface area (TPSA) is 98.1 Å². The molecule has 3 rings (SSSR count). The number of allylic oxidation sites excluding steroid dienone is 1. The van der Waals surface area contributed by atoms with Crippen molar-refractivity contribution in [2.75, 3.05) is 18.2 Å². The van der Waals surface area contributed by atoms with Gasteiger partial charge in [-0.05, 0) is 54.8 Å². The molecule has 1 atom stereocenters. The lowest BCUT2D eigenvalue weighted by Crippen LogP contribution is -2.33. The molecule has 2 amide bonds. The van der Waals surface area contributed by atoms with Gasteiger partial charge in [0, 0.05) is 17.8 Å². The number of nitrogens with one attached hydrogen (secondary N) is 2. The summed E-state index contributed by atoms with van der Waals surface area (Å²) in [4.78, 5) is 25.4. The number of aryl methyl sites for hydroxylation is 1. The third-order valence-electron chi connectivity index (χ3n) is 5.27. The van der Waals surface area contributed by atoms with Crippen molar-refractivity contribution < 1.29 is 14.3 Å². The number of hydrogen-bond acceptors (Lipinski definition) is 6. The second kappa shape index (κ2) is 12.2. The van der Waals surface area contributed by atoms with Crippen LogP contribution in [-0.4, -0.2) is 39.4 Å². The third kappa shape index (κ3) is 6.95. The van der Waals surface area contributed by atoms with Crippen molar-refractivity contribution in [3.63, 3.8) is 0 Å². The lowest BCUT2D eigenvalue weighted by Gasteiger charge is -2.22. The number of ether oxygens (including phenoxy) is 1. The van der Waals surface area contributed by atoms with Crippen molar-refractivity contribution in [3.05, 3.63) is 78.1 Å². The maximum Gasteiger partial charge on any atom is 0.251 e. The number of amides is 2. The van der Waals surface area contributed by atoms with Crippen LogP contribution in [0.15, 0.2) is 66.3 Å². The first-order valence-corrected chi connectivity index (χ1v) is 12.3. The van der Waals surface area contributed by atoms with Gasteiger partial charge in [-0.2, -0.15) is 0 Å². The van der Waals surface area contributed by atoms with E-state index in [1.807, 2.05) is 49.6 Å². The predicted molar refractivity (Wildman–Crippen MR) is 139 cm³/mol. The summed E-state index contributed by atoms with van der Waals surface area (Å²) in [6.07, 6.45) is 1.74. The third-order valence-corrected chi connectivity index (χ3v) is 6.24. The van der Waals surface area contributed by atoms with Crippen LogP contribution in [0.4, 0.5) is 5.69 Å². The minimum Gasteiger partial charge on any atom is -0.497 e. The number of thioether (sulfide) groups is 1. The Morgan fingerprint density at radius 3 is 2.54 bits per heavy atom. The molecule has 3 aromatic rings. The Balaban J connectivity index is 1.74. The van der Waals surface area contributed by atoms with Crippen molar-refractivity contribution in [3.8, 4) is 5.75 Å². The van der Waals surface area contributed by atoms with Crippen LogP contribution in [0.5, 0.6) is 5.75 Å². The fraction of sp³-hybridized carbons (Fsp3) is 0.308. The normalized spacial score (nSPS) is 11.7. The van der Waals surface area contributed by atoms with Crippen molar-refractivity contribution in [2.24, 2.45) is 5.92 Å². The molecule has 0 aliphatic carbocycles. The molecule has 2 aromatic carbocycles. The number of carbonyl (C=O) groups excluding carboxylic acids is 2. The largest absolute Gasteiger partial charge is 0.497 e. The van der Waals surface area contributed by atoms with Crippen LogP contribution in [0.2, 0.25) is 0 Å². The summed E-state index contributed by atoms with van der Waals surface area (Å²) in [5.41, 5.74) is 2.35. The van der Waals surface area contributed by atoms with E-state index in [-0.39, 0.29) is 29.5 Å². The van der Waals surface area contributed by atoms with Crippen LogP contribution < -0.4 is 15.4 Å². The molecule has 0 aliphatic rings. The highest BCUT2D eigenvalue weighted by molar-refractivity contribution is 7.99. The van der Waals surface area contributed by atoms with Gasteiger partial charge >= 0.3 is 0 Å². The van der Waals surface area contributed by atoms with Gasteiger partial charge in [0.05, 0.1) is 18.9 Å². The SMILES string of the molecule is C=CCn1c(SCC(=O)Nc2cccc(C)c2)nnc1C(NC(=O)c1ccc(OC)cc1)C(C)C. The Bertz CT molecular complexity index is 1170. The molecule has 35 heavy (non-hydrogen) atoms. The van der Waals surface area contributed by atoms with Gasteiger partial charge in [0.2, 0.25) is 5.91 Å². The van der Waals surface area contributed by atoms with Gasteiger partial charge in [0.1, 0.15) is 5.75 Å². The van der Waals surface area contributed by atoms with Gasteiger partial charge in [-0.3, -0.25) is 9.59 Å². The second-order valence-corrected chi connectivity index (χ2v) is 9.31. The van der Waals surface area contributed by atoms with Crippen LogP contribution in [0.25, 0.3) is 0 Å². The first-order valence-electron chi connectivity index (χ1n) is 11.3. The Kier molecular flexibility index (Phi) is 9.08. The monoisotopic (exact) mass is 493 g/mol. The van der Waals surface area contributed by atoms with Crippen molar-refractivity contribution in [1.29, 1.82) is 0 Å². The molecule has 0 spiro atoms. The summed E-state index contributed by atoms with van der Waals surface area (Å²) in [5.74, 6) is 1.17. The summed E-state index contributed by atoms with van der Waals surface area (Å²) in [7, 11) is 1.58. The maximum absolute atomic E-state index is 12.9. The van der Waals surface area contributed by atoms with Gasteiger partial charge in [0.15, 0.2) is 11.0 Å². The first kappa shape index (κ1) is 26.0. The Labute approximate surface area is 210 Å². The second-order valence-electron chi connectivity index (χ2n) is 8.37. The fourth-order valence-electron chi connectivity index (χ4n) is 3.48. The molecule has 0 saturated carbocycles. The first-order chi connectivity index (χ1) is 16.8. The van der Waals surface area contributed by atoms with Gasteiger partial charge in [-0.15, -0.1) is 16.8 Å². The van der Waals surface area contributed by atoms with Gasteiger partial charge < -0.3 is 19.9 Å². The van der Waals surface area contributed by atoms with E-state index in [2.05, 4.69) is 27.4 Å². The summed E-state index contributed by atoms with van der Waals surface area (Å²) in [6, 6.07) is 14.2. The standard InChI is InChI=1S/C26H31N5O3S/c1-6-14-31-24(23(17(2)3)28-25(33)19-10-12-21(34-5)13-11-19)29-30-26(31)35-16-22(32)27-20-9-7-8-18(4)15-20/h6-13,15,17,23H,1,14,16H2,2-5H3,(H,27,32)(H,28,33). The molecule has 9 heteroatoms. The number of rotatable bonds is 11. The molecule has 0 aliphatic heterocycles. The molecule has 184 valence electrons. The van der Waals surface area contributed by atoms with Crippen molar-refractivity contribution in [2.45, 2.75) is 38.5 Å². The van der Waals surface area contributed by atoms with Crippen LogP contribution in [0.1, 0.15) is 41.6 Å². The van der Waals surface area contributed by atoms with E-state index in [0.717, 1.165) is 11.3 Å². The van der Waals surface area contributed by atoms with E-state index in [0.29, 0.717) is 28.8 Å². The number of anilines is 1. The Morgan fingerprint density at radius 1 is 1.17 bits per heavy atom. The molecule has 0 fully saturated rings. The zero-order valence-corrected chi connectivity index (χ0v) is 21.3. The summed E-state index contributed by atoms with van der Waals surface area (Å²) < 4.78 is 7.05. The molecular formula is C26H31N5O3S. The van der Waals surface area contributed by atoms with Crippen LogP contribution >= 0.6 is 11.8 Å². The van der Waals surface area contributed by atoms with Gasteiger partial charge in [-0.25, -0.2) is 0 Å². The van der Waals surface area contributed by atoms with E-state index in [1.165, 1.54) is 11.8 Å². The molecule has 0 saturated heterocycles.